The van der Waals surface area contributed by atoms with E-state index in [-0.39, 0.29) is 54.9 Å². The summed E-state index contributed by atoms with van der Waals surface area (Å²) in [4.78, 5) is 30.3. The number of carbonyl (C=O) groups excluding carboxylic acids is 2. The van der Waals surface area contributed by atoms with Crippen molar-refractivity contribution >= 4 is 27.5 Å². The van der Waals surface area contributed by atoms with Crippen molar-refractivity contribution in [2.75, 3.05) is 37.2 Å². The number of carbonyl (C=O) groups is 2. The Bertz CT molecular complexity index is 1320. The van der Waals surface area contributed by atoms with Crippen molar-refractivity contribution in [3.8, 4) is 5.75 Å². The number of hydrogen-bond acceptors (Lipinski definition) is 7. The van der Waals surface area contributed by atoms with Crippen LogP contribution in [0, 0.1) is 0 Å². The molecule has 10 nitrogen and oxygen atoms in total. The van der Waals surface area contributed by atoms with Gasteiger partial charge in [-0.15, -0.1) is 0 Å². The quantitative estimate of drug-likeness (QED) is 0.501. The van der Waals surface area contributed by atoms with Crippen LogP contribution >= 0.6 is 0 Å². The van der Waals surface area contributed by atoms with E-state index in [1.165, 1.54) is 11.6 Å². The van der Waals surface area contributed by atoms with Gasteiger partial charge in [0.1, 0.15) is 18.5 Å². The standard InChI is InChI=1S/C29H38N4O6S/c1-3-40(36,37)31-21-9-12-26-24(15-21)29(35)32(2)25-11-10-23(39-27(25)19-38-26)16-28(34)30-22-13-14-33(18-22)17-20-7-5-4-6-8-20/h4-9,12,15,22-23,25,27,31H,3,10-11,13-14,16-19H2,1-2H3,(H,30,34)/t22-,23+,25+,27+/m0/s1. The van der Waals surface area contributed by atoms with Crippen molar-refractivity contribution in [2.45, 2.75) is 63.4 Å². The number of amides is 2. The molecule has 5 rings (SSSR count). The highest BCUT2D eigenvalue weighted by Crippen LogP contribution is 2.32. The third-order valence-electron chi connectivity index (χ3n) is 7.96. The van der Waals surface area contributed by atoms with Crippen LogP contribution in [0.4, 0.5) is 5.69 Å². The Labute approximate surface area is 236 Å². The predicted molar refractivity (Wildman–Crippen MR) is 152 cm³/mol. The van der Waals surface area contributed by atoms with Crippen LogP contribution in [0.2, 0.25) is 0 Å². The van der Waals surface area contributed by atoms with Crippen molar-refractivity contribution in [3.63, 3.8) is 0 Å². The topological polar surface area (TPSA) is 117 Å². The Morgan fingerprint density at radius 1 is 1.10 bits per heavy atom. The Kier molecular flexibility index (Phi) is 8.62. The Hall–Kier alpha value is -3.15. The Morgan fingerprint density at radius 3 is 2.67 bits per heavy atom. The van der Waals surface area contributed by atoms with E-state index in [1.54, 1.807) is 31.0 Å². The van der Waals surface area contributed by atoms with Crippen LogP contribution in [0.25, 0.3) is 0 Å². The first-order valence-corrected chi connectivity index (χ1v) is 15.6. The maximum absolute atomic E-state index is 13.4. The van der Waals surface area contributed by atoms with Crippen molar-refractivity contribution in [3.05, 3.63) is 59.7 Å². The number of rotatable bonds is 8. The van der Waals surface area contributed by atoms with E-state index >= 15 is 0 Å². The predicted octanol–water partition coefficient (Wildman–Crippen LogP) is 2.61. The fourth-order valence-corrected chi connectivity index (χ4v) is 6.40. The average molecular weight is 571 g/mol. The first-order chi connectivity index (χ1) is 19.2. The minimum Gasteiger partial charge on any atom is -0.490 e. The zero-order valence-corrected chi connectivity index (χ0v) is 23.9. The van der Waals surface area contributed by atoms with Crippen LogP contribution in [0.5, 0.6) is 5.75 Å². The van der Waals surface area contributed by atoms with E-state index in [0.717, 1.165) is 26.1 Å². The van der Waals surface area contributed by atoms with Gasteiger partial charge in [-0.1, -0.05) is 30.3 Å². The average Bonchev–Trinajstić information content (AvgIpc) is 3.37. The normalized spacial score (nSPS) is 25.2. The molecule has 0 unspecified atom stereocenters. The molecule has 3 aliphatic rings. The van der Waals surface area contributed by atoms with Gasteiger partial charge in [0.25, 0.3) is 5.91 Å². The molecule has 3 heterocycles. The van der Waals surface area contributed by atoms with Crippen LogP contribution in [0.1, 0.15) is 48.5 Å². The molecular formula is C29H38N4O6S. The summed E-state index contributed by atoms with van der Waals surface area (Å²) in [5.41, 5.74) is 1.89. The molecule has 3 aliphatic heterocycles. The molecule has 2 saturated heterocycles. The van der Waals surface area contributed by atoms with Crippen molar-refractivity contribution < 1.29 is 27.5 Å². The zero-order valence-electron chi connectivity index (χ0n) is 23.0. The van der Waals surface area contributed by atoms with E-state index in [4.69, 9.17) is 9.47 Å². The number of benzene rings is 2. The van der Waals surface area contributed by atoms with E-state index in [1.807, 2.05) is 18.2 Å². The molecule has 11 heteroatoms. The molecule has 0 spiro atoms. The van der Waals surface area contributed by atoms with Crippen molar-refractivity contribution in [1.29, 1.82) is 0 Å². The van der Waals surface area contributed by atoms with Gasteiger partial charge in [-0.05, 0) is 49.9 Å². The van der Waals surface area contributed by atoms with E-state index in [0.29, 0.717) is 29.8 Å². The Balaban J connectivity index is 1.16. The number of ether oxygens (including phenoxy) is 2. The highest BCUT2D eigenvalue weighted by Gasteiger charge is 2.39. The van der Waals surface area contributed by atoms with Gasteiger partial charge >= 0.3 is 0 Å². The molecule has 40 heavy (non-hydrogen) atoms. The number of hydrogen-bond donors (Lipinski definition) is 2. The van der Waals surface area contributed by atoms with Crippen LogP contribution in [0.15, 0.2) is 48.5 Å². The lowest BCUT2D eigenvalue weighted by Gasteiger charge is -2.42. The number of anilines is 1. The number of nitrogens with one attached hydrogen (secondary N) is 2. The fourth-order valence-electron chi connectivity index (χ4n) is 5.77. The molecule has 0 bridgehead atoms. The molecule has 2 aromatic carbocycles. The van der Waals surface area contributed by atoms with Crippen LogP contribution in [-0.2, 0) is 26.1 Å². The smallest absolute Gasteiger partial charge is 0.257 e. The first kappa shape index (κ1) is 28.4. The van der Waals surface area contributed by atoms with Crippen LogP contribution in [-0.4, -0.2) is 86.8 Å². The van der Waals surface area contributed by atoms with E-state index in [9.17, 15) is 18.0 Å². The lowest BCUT2D eigenvalue weighted by Crippen LogP contribution is -2.54. The van der Waals surface area contributed by atoms with E-state index < -0.39 is 10.0 Å². The van der Waals surface area contributed by atoms with Gasteiger partial charge in [-0.3, -0.25) is 19.2 Å². The summed E-state index contributed by atoms with van der Waals surface area (Å²) in [6.07, 6.45) is 1.91. The van der Waals surface area contributed by atoms with Gasteiger partial charge < -0.3 is 19.7 Å². The highest BCUT2D eigenvalue weighted by molar-refractivity contribution is 7.92. The van der Waals surface area contributed by atoms with Gasteiger partial charge in [0, 0.05) is 38.4 Å². The maximum atomic E-state index is 13.4. The summed E-state index contributed by atoms with van der Waals surface area (Å²) >= 11 is 0. The van der Waals surface area contributed by atoms with Crippen molar-refractivity contribution in [2.24, 2.45) is 0 Å². The second-order valence-electron chi connectivity index (χ2n) is 10.9. The molecule has 0 aliphatic carbocycles. The lowest BCUT2D eigenvalue weighted by atomic mass is 9.94. The van der Waals surface area contributed by atoms with Gasteiger partial charge in [0.2, 0.25) is 15.9 Å². The summed E-state index contributed by atoms with van der Waals surface area (Å²) in [6.45, 7) is 4.44. The van der Waals surface area contributed by atoms with Crippen LogP contribution in [0.3, 0.4) is 0 Å². The molecule has 0 aromatic heterocycles. The minimum atomic E-state index is -3.48. The summed E-state index contributed by atoms with van der Waals surface area (Å²) in [7, 11) is -1.74. The number of fused-ring (bicyclic) bond motifs is 2. The molecule has 2 fully saturated rings. The van der Waals surface area contributed by atoms with E-state index in [2.05, 4.69) is 27.1 Å². The van der Waals surface area contributed by atoms with Gasteiger partial charge in [0.15, 0.2) is 0 Å². The third kappa shape index (κ3) is 6.76. The number of nitrogens with zero attached hydrogens (tertiary/aromatic N) is 2. The number of sulfonamides is 1. The number of likely N-dealkylation sites (tertiary alicyclic amines) is 1. The second-order valence-corrected chi connectivity index (χ2v) is 12.9. The zero-order chi connectivity index (χ0) is 28.3. The minimum absolute atomic E-state index is 0.0152. The summed E-state index contributed by atoms with van der Waals surface area (Å²) < 4.78 is 38.8. The van der Waals surface area contributed by atoms with Gasteiger partial charge in [-0.25, -0.2) is 8.42 Å². The monoisotopic (exact) mass is 570 g/mol. The summed E-state index contributed by atoms with van der Waals surface area (Å²) in [5, 5.41) is 3.19. The van der Waals surface area contributed by atoms with Gasteiger partial charge in [-0.2, -0.15) is 0 Å². The first-order valence-electron chi connectivity index (χ1n) is 14.0. The highest BCUT2D eigenvalue weighted by atomic mass is 32.2. The van der Waals surface area contributed by atoms with Gasteiger partial charge in [0.05, 0.1) is 29.9 Å². The summed E-state index contributed by atoms with van der Waals surface area (Å²) in [6, 6.07) is 15.0. The molecule has 2 aromatic rings. The molecule has 216 valence electrons. The van der Waals surface area contributed by atoms with Crippen molar-refractivity contribution in [1.82, 2.24) is 15.1 Å². The summed E-state index contributed by atoms with van der Waals surface area (Å²) in [5.74, 6) is 0.0312. The lowest BCUT2D eigenvalue weighted by molar-refractivity contribution is -0.134. The molecule has 2 N–H and O–H groups in total. The number of likely N-dealkylation sites (N-methyl/N-ethyl adjacent to an activating group) is 1. The fraction of sp³-hybridized carbons (Fsp3) is 0.517. The SMILES string of the molecule is CCS(=O)(=O)Nc1ccc2c(c1)C(=O)N(C)[C@@H]1CC[C@H](CC(=O)N[C@H]3CCN(Cc4ccccc4)C3)O[C@@H]1CO2. The maximum Gasteiger partial charge on any atom is 0.257 e. The third-order valence-corrected chi connectivity index (χ3v) is 9.27. The largest absolute Gasteiger partial charge is 0.490 e. The molecule has 2 amide bonds. The molecular weight excluding hydrogens is 532 g/mol. The molecule has 0 saturated carbocycles. The molecule has 4 atom stereocenters. The molecule has 0 radical (unpaired) electrons. The van der Waals surface area contributed by atoms with Crippen LogP contribution < -0.4 is 14.8 Å². The Morgan fingerprint density at radius 2 is 1.90 bits per heavy atom. The second kappa shape index (κ2) is 12.2.